The lowest BCUT2D eigenvalue weighted by Gasteiger charge is -2.25. The summed E-state index contributed by atoms with van der Waals surface area (Å²) in [5, 5.41) is 0. The molecule has 4 aromatic carbocycles. The lowest BCUT2D eigenvalue weighted by molar-refractivity contribution is 0.0875. The summed E-state index contributed by atoms with van der Waals surface area (Å²) in [6.45, 7) is 0.195. The van der Waals surface area contributed by atoms with E-state index in [1.807, 2.05) is 91.0 Å². The van der Waals surface area contributed by atoms with Crippen LogP contribution in [0.2, 0.25) is 0 Å². The van der Waals surface area contributed by atoms with Crippen molar-refractivity contribution in [1.82, 2.24) is 0 Å². The van der Waals surface area contributed by atoms with Crippen molar-refractivity contribution in [2.75, 3.05) is 6.79 Å². The molecule has 0 fully saturated rings. The topological polar surface area (TPSA) is 52.6 Å². The number of hydrogen-bond donors (Lipinski definition) is 0. The Hall–Kier alpha value is -4.18. The number of benzene rings is 4. The van der Waals surface area contributed by atoms with E-state index in [9.17, 15) is 9.59 Å². The van der Waals surface area contributed by atoms with Gasteiger partial charge in [0.2, 0.25) is 6.79 Å². The molecular formula is C31H24O4. The molecule has 2 aliphatic rings. The number of carbonyl (C=O) groups is 2. The molecule has 4 nitrogen and oxygen atoms in total. The number of Topliss-reactive ketones (excluding diaryl/α,β-unsaturated/α-hetero) is 2. The second-order valence-electron chi connectivity index (χ2n) is 9.08. The first-order valence-corrected chi connectivity index (χ1v) is 11.9. The summed E-state index contributed by atoms with van der Waals surface area (Å²) in [6.07, 6.45) is 0.269. The van der Waals surface area contributed by atoms with Crippen molar-refractivity contribution in [3.63, 3.8) is 0 Å². The quantitative estimate of drug-likeness (QED) is 0.312. The van der Waals surface area contributed by atoms with Crippen LogP contribution in [0.25, 0.3) is 0 Å². The third-order valence-corrected chi connectivity index (χ3v) is 7.14. The van der Waals surface area contributed by atoms with Crippen molar-refractivity contribution in [2.24, 2.45) is 5.92 Å². The fraction of sp³-hybridized carbons (Fsp3) is 0.161. The Morgan fingerprint density at radius 1 is 0.686 bits per heavy atom. The van der Waals surface area contributed by atoms with E-state index in [0.29, 0.717) is 22.6 Å². The van der Waals surface area contributed by atoms with Crippen LogP contribution >= 0.6 is 0 Å². The molecule has 0 amide bonds. The van der Waals surface area contributed by atoms with Gasteiger partial charge in [-0.3, -0.25) is 9.59 Å². The smallest absolute Gasteiger partial charge is 0.231 e. The predicted molar refractivity (Wildman–Crippen MR) is 133 cm³/mol. The van der Waals surface area contributed by atoms with Crippen LogP contribution in [0.5, 0.6) is 11.5 Å². The standard InChI is InChI=1S/C31H24O4/c32-26(20-9-3-1-4-10-20)18-25-23-13-7-8-14-24(23)29(22-15-16-27-28(17-22)35-19-34-27)30(25)31(33)21-11-5-2-6-12-21/h1-17,25,29-30H,18-19H2/t25-,29+,30+/m1/s1. The summed E-state index contributed by atoms with van der Waals surface area (Å²) in [5.41, 5.74) is 4.47. The number of fused-ring (bicyclic) bond motifs is 2. The first-order valence-electron chi connectivity index (χ1n) is 11.9. The molecule has 1 heterocycles. The van der Waals surface area contributed by atoms with Gasteiger partial charge in [-0.1, -0.05) is 91.0 Å². The van der Waals surface area contributed by atoms with Crippen molar-refractivity contribution in [2.45, 2.75) is 18.3 Å². The molecule has 0 spiro atoms. The van der Waals surface area contributed by atoms with E-state index in [2.05, 4.69) is 12.1 Å². The Morgan fingerprint density at radius 3 is 2.06 bits per heavy atom. The highest BCUT2D eigenvalue weighted by Crippen LogP contribution is 2.53. The Bertz CT molecular complexity index is 1390. The Balaban J connectivity index is 1.47. The van der Waals surface area contributed by atoms with E-state index in [-0.39, 0.29) is 36.6 Å². The van der Waals surface area contributed by atoms with E-state index < -0.39 is 5.92 Å². The van der Waals surface area contributed by atoms with Gasteiger partial charge in [-0.05, 0) is 28.8 Å². The lowest BCUT2D eigenvalue weighted by atomic mass is 9.76. The summed E-state index contributed by atoms with van der Waals surface area (Å²) in [4.78, 5) is 27.5. The molecule has 0 aromatic heterocycles. The Labute approximate surface area is 204 Å². The molecular weight excluding hydrogens is 436 g/mol. The number of carbonyl (C=O) groups excluding carboxylic acids is 2. The van der Waals surface area contributed by atoms with Crippen molar-refractivity contribution in [3.8, 4) is 11.5 Å². The van der Waals surface area contributed by atoms with Crippen molar-refractivity contribution in [3.05, 3.63) is 131 Å². The second kappa shape index (κ2) is 8.88. The minimum Gasteiger partial charge on any atom is -0.454 e. The monoisotopic (exact) mass is 460 g/mol. The van der Waals surface area contributed by atoms with Crippen LogP contribution in [0.4, 0.5) is 0 Å². The summed E-state index contributed by atoms with van der Waals surface area (Å²) in [5.74, 6) is 0.654. The Morgan fingerprint density at radius 2 is 1.31 bits per heavy atom. The summed E-state index contributed by atoms with van der Waals surface area (Å²) in [6, 6.07) is 32.8. The number of rotatable bonds is 6. The summed E-state index contributed by atoms with van der Waals surface area (Å²) >= 11 is 0. The molecule has 0 saturated carbocycles. The van der Waals surface area contributed by atoms with Gasteiger partial charge in [0.15, 0.2) is 23.1 Å². The maximum absolute atomic E-state index is 14.1. The third kappa shape index (κ3) is 3.81. The molecule has 0 N–H and O–H groups in total. The SMILES string of the molecule is O=C(C[C@@H]1c2ccccc2[C@H](c2ccc3c(c2)OCO3)[C@H]1C(=O)c1ccccc1)c1ccccc1. The van der Waals surface area contributed by atoms with Crippen LogP contribution in [0.15, 0.2) is 103 Å². The van der Waals surface area contributed by atoms with Gasteiger partial charge in [-0.25, -0.2) is 0 Å². The number of hydrogen-bond acceptors (Lipinski definition) is 4. The van der Waals surface area contributed by atoms with E-state index in [4.69, 9.17) is 9.47 Å². The molecule has 172 valence electrons. The van der Waals surface area contributed by atoms with E-state index >= 15 is 0 Å². The van der Waals surface area contributed by atoms with Gasteiger partial charge in [-0.2, -0.15) is 0 Å². The zero-order chi connectivity index (χ0) is 23.8. The number of ketones is 2. The van der Waals surface area contributed by atoms with Gasteiger partial charge in [0.25, 0.3) is 0 Å². The molecule has 1 aliphatic heterocycles. The van der Waals surface area contributed by atoms with Crippen LogP contribution in [0.3, 0.4) is 0 Å². The molecule has 0 radical (unpaired) electrons. The molecule has 6 rings (SSSR count). The molecule has 0 bridgehead atoms. The highest BCUT2D eigenvalue weighted by molar-refractivity contribution is 6.02. The molecule has 35 heavy (non-hydrogen) atoms. The van der Waals surface area contributed by atoms with Crippen LogP contribution in [0, 0.1) is 5.92 Å². The first-order chi connectivity index (χ1) is 17.2. The fourth-order valence-corrected chi connectivity index (χ4v) is 5.55. The van der Waals surface area contributed by atoms with Crippen molar-refractivity contribution >= 4 is 11.6 Å². The summed E-state index contributed by atoms with van der Waals surface area (Å²) < 4.78 is 11.2. The van der Waals surface area contributed by atoms with Gasteiger partial charge >= 0.3 is 0 Å². The highest BCUT2D eigenvalue weighted by atomic mass is 16.7. The predicted octanol–water partition coefficient (Wildman–Crippen LogP) is 6.42. The second-order valence-corrected chi connectivity index (χ2v) is 9.08. The molecule has 0 unspecified atom stereocenters. The molecule has 3 atom stereocenters. The van der Waals surface area contributed by atoms with Gasteiger partial charge < -0.3 is 9.47 Å². The average Bonchev–Trinajstić information content (AvgIpc) is 3.51. The minimum absolute atomic E-state index is 0.0441. The van der Waals surface area contributed by atoms with E-state index in [1.165, 1.54) is 0 Å². The van der Waals surface area contributed by atoms with Crippen LogP contribution in [-0.4, -0.2) is 18.4 Å². The van der Waals surface area contributed by atoms with Gasteiger partial charge in [0.05, 0.1) is 0 Å². The largest absolute Gasteiger partial charge is 0.454 e. The zero-order valence-electron chi connectivity index (χ0n) is 19.1. The third-order valence-electron chi connectivity index (χ3n) is 7.14. The van der Waals surface area contributed by atoms with Crippen LogP contribution in [-0.2, 0) is 0 Å². The van der Waals surface area contributed by atoms with Crippen molar-refractivity contribution in [1.29, 1.82) is 0 Å². The van der Waals surface area contributed by atoms with E-state index in [1.54, 1.807) is 0 Å². The normalized spacial score (nSPS) is 19.8. The van der Waals surface area contributed by atoms with Crippen LogP contribution < -0.4 is 9.47 Å². The van der Waals surface area contributed by atoms with Gasteiger partial charge in [0.1, 0.15) is 0 Å². The maximum atomic E-state index is 14.1. The molecule has 1 aliphatic carbocycles. The fourth-order valence-electron chi connectivity index (χ4n) is 5.55. The Kier molecular flexibility index (Phi) is 5.42. The minimum atomic E-state index is -0.414. The highest BCUT2D eigenvalue weighted by Gasteiger charge is 2.46. The first kappa shape index (κ1) is 21.4. The molecule has 4 aromatic rings. The van der Waals surface area contributed by atoms with E-state index in [0.717, 1.165) is 16.7 Å². The zero-order valence-corrected chi connectivity index (χ0v) is 19.1. The van der Waals surface area contributed by atoms with Crippen LogP contribution in [0.1, 0.15) is 55.7 Å². The molecule has 4 heteroatoms. The summed E-state index contributed by atoms with van der Waals surface area (Å²) in [7, 11) is 0. The molecule has 0 saturated heterocycles. The van der Waals surface area contributed by atoms with Gasteiger partial charge in [-0.15, -0.1) is 0 Å². The number of ether oxygens (including phenoxy) is 2. The van der Waals surface area contributed by atoms with Gasteiger partial charge in [0, 0.05) is 35.3 Å². The lowest BCUT2D eigenvalue weighted by Crippen LogP contribution is -2.25. The maximum Gasteiger partial charge on any atom is 0.231 e. The average molecular weight is 461 g/mol. The van der Waals surface area contributed by atoms with Crippen molar-refractivity contribution < 1.29 is 19.1 Å².